The summed E-state index contributed by atoms with van der Waals surface area (Å²) >= 11 is 5.86. The van der Waals surface area contributed by atoms with E-state index in [1.165, 1.54) is 12.1 Å². The van der Waals surface area contributed by atoms with Gasteiger partial charge in [0.25, 0.3) is 0 Å². The molecule has 0 saturated carbocycles. The number of nitrogens with one attached hydrogen (secondary N) is 1. The van der Waals surface area contributed by atoms with Crippen LogP contribution in [-0.2, 0) is 0 Å². The maximum atomic E-state index is 13.3. The van der Waals surface area contributed by atoms with Gasteiger partial charge in [0, 0.05) is 35.9 Å². The van der Waals surface area contributed by atoms with Gasteiger partial charge in [-0.2, -0.15) is 0 Å². The summed E-state index contributed by atoms with van der Waals surface area (Å²) < 4.78 is 15.2. The van der Waals surface area contributed by atoms with E-state index in [0.29, 0.717) is 10.9 Å². The SMILES string of the molecule is Fc1cc(Cl)cc(-n2cncc2C2CNC2)c1. The minimum absolute atomic E-state index is 0.334. The van der Waals surface area contributed by atoms with Crippen LogP contribution in [0.4, 0.5) is 4.39 Å². The number of nitrogens with zero attached hydrogens (tertiary/aromatic N) is 2. The molecule has 0 atom stereocenters. The first kappa shape index (κ1) is 10.7. The Morgan fingerprint density at radius 2 is 2.18 bits per heavy atom. The van der Waals surface area contributed by atoms with Crippen molar-refractivity contribution < 1.29 is 4.39 Å². The number of rotatable bonds is 2. The Balaban J connectivity index is 2.05. The molecular weight excluding hydrogens is 241 g/mol. The van der Waals surface area contributed by atoms with Gasteiger partial charge in [0.05, 0.1) is 12.0 Å². The predicted molar refractivity (Wildman–Crippen MR) is 64.1 cm³/mol. The zero-order valence-electron chi connectivity index (χ0n) is 9.03. The van der Waals surface area contributed by atoms with Crippen molar-refractivity contribution in [3.8, 4) is 5.69 Å². The van der Waals surface area contributed by atoms with Gasteiger partial charge >= 0.3 is 0 Å². The summed E-state index contributed by atoms with van der Waals surface area (Å²) in [6, 6.07) is 4.50. The lowest BCUT2D eigenvalue weighted by Gasteiger charge is -2.27. The molecule has 3 nitrogen and oxygen atoms in total. The largest absolute Gasteiger partial charge is 0.315 e. The molecule has 0 radical (unpaired) electrons. The Kier molecular flexibility index (Phi) is 2.61. The smallest absolute Gasteiger partial charge is 0.126 e. The van der Waals surface area contributed by atoms with Crippen LogP contribution in [-0.4, -0.2) is 22.6 Å². The van der Waals surface area contributed by atoms with Crippen LogP contribution in [0.5, 0.6) is 0 Å². The molecule has 3 rings (SSSR count). The molecule has 1 aromatic carbocycles. The molecular formula is C12H11ClFN3. The molecule has 0 amide bonds. The van der Waals surface area contributed by atoms with Crippen molar-refractivity contribution in [2.24, 2.45) is 0 Å². The van der Waals surface area contributed by atoms with Gasteiger partial charge in [-0.25, -0.2) is 9.37 Å². The van der Waals surface area contributed by atoms with E-state index in [4.69, 9.17) is 11.6 Å². The zero-order chi connectivity index (χ0) is 11.8. The van der Waals surface area contributed by atoms with Gasteiger partial charge in [0.2, 0.25) is 0 Å². The Bertz CT molecular complexity index is 528. The molecule has 1 saturated heterocycles. The summed E-state index contributed by atoms with van der Waals surface area (Å²) in [5, 5.41) is 3.60. The molecule has 1 N–H and O–H groups in total. The van der Waals surface area contributed by atoms with E-state index in [0.717, 1.165) is 24.5 Å². The number of imidazole rings is 1. The quantitative estimate of drug-likeness (QED) is 0.888. The van der Waals surface area contributed by atoms with Crippen molar-refractivity contribution in [2.45, 2.75) is 5.92 Å². The summed E-state index contributed by atoms with van der Waals surface area (Å²) in [5.74, 6) is 0.110. The van der Waals surface area contributed by atoms with Crippen LogP contribution in [0.15, 0.2) is 30.7 Å². The molecule has 0 spiro atoms. The third-order valence-electron chi connectivity index (χ3n) is 2.99. The van der Waals surface area contributed by atoms with Crippen molar-refractivity contribution in [3.63, 3.8) is 0 Å². The normalized spacial score (nSPS) is 15.9. The first-order valence-corrected chi connectivity index (χ1v) is 5.81. The van der Waals surface area contributed by atoms with Crippen LogP contribution in [0.3, 0.4) is 0 Å². The molecule has 0 bridgehead atoms. The highest BCUT2D eigenvalue weighted by molar-refractivity contribution is 6.30. The molecule has 2 aromatic rings. The van der Waals surface area contributed by atoms with Crippen LogP contribution in [0.1, 0.15) is 11.6 Å². The molecule has 1 fully saturated rings. The maximum absolute atomic E-state index is 13.3. The average Bonchev–Trinajstić information content (AvgIpc) is 2.62. The maximum Gasteiger partial charge on any atom is 0.126 e. The number of hydrogen-bond donors (Lipinski definition) is 1. The Hall–Kier alpha value is -1.39. The molecule has 0 aliphatic carbocycles. The number of hydrogen-bond acceptors (Lipinski definition) is 2. The summed E-state index contributed by atoms with van der Waals surface area (Å²) in [5.41, 5.74) is 1.81. The van der Waals surface area contributed by atoms with Gasteiger partial charge in [-0.1, -0.05) is 11.6 Å². The second-order valence-electron chi connectivity index (χ2n) is 4.17. The van der Waals surface area contributed by atoms with Crippen LogP contribution in [0, 0.1) is 5.82 Å². The summed E-state index contributed by atoms with van der Waals surface area (Å²) in [6.45, 7) is 1.88. The van der Waals surface area contributed by atoms with Gasteiger partial charge in [-0.3, -0.25) is 0 Å². The third-order valence-corrected chi connectivity index (χ3v) is 3.21. The summed E-state index contributed by atoms with van der Waals surface area (Å²) in [6.07, 6.45) is 3.52. The van der Waals surface area contributed by atoms with Crippen molar-refractivity contribution >= 4 is 11.6 Å². The van der Waals surface area contributed by atoms with E-state index in [-0.39, 0.29) is 5.82 Å². The Morgan fingerprint density at radius 3 is 2.82 bits per heavy atom. The number of aromatic nitrogens is 2. The van der Waals surface area contributed by atoms with Crippen molar-refractivity contribution in [1.29, 1.82) is 0 Å². The van der Waals surface area contributed by atoms with Gasteiger partial charge in [-0.15, -0.1) is 0 Å². The highest BCUT2D eigenvalue weighted by Crippen LogP contribution is 2.24. The first-order valence-electron chi connectivity index (χ1n) is 5.43. The van der Waals surface area contributed by atoms with Crippen molar-refractivity contribution in [3.05, 3.63) is 47.3 Å². The van der Waals surface area contributed by atoms with Crippen LogP contribution < -0.4 is 5.32 Å². The van der Waals surface area contributed by atoms with Crippen molar-refractivity contribution in [2.75, 3.05) is 13.1 Å². The highest BCUT2D eigenvalue weighted by atomic mass is 35.5. The second kappa shape index (κ2) is 4.13. The van der Waals surface area contributed by atoms with Gasteiger partial charge < -0.3 is 9.88 Å². The predicted octanol–water partition coefficient (Wildman–Crippen LogP) is 2.35. The van der Waals surface area contributed by atoms with Crippen LogP contribution in [0.25, 0.3) is 5.69 Å². The minimum atomic E-state index is -0.334. The molecule has 1 aliphatic rings. The molecule has 88 valence electrons. The van der Waals surface area contributed by atoms with E-state index in [2.05, 4.69) is 10.3 Å². The van der Waals surface area contributed by atoms with E-state index < -0.39 is 0 Å². The Morgan fingerprint density at radius 1 is 1.35 bits per heavy atom. The second-order valence-corrected chi connectivity index (χ2v) is 4.61. The van der Waals surface area contributed by atoms with E-state index in [1.807, 2.05) is 10.8 Å². The molecule has 0 unspecified atom stereocenters. The standard InChI is InChI=1S/C12H11ClFN3/c13-9-1-10(14)3-11(2-9)17-7-16-6-12(17)8-4-15-5-8/h1-3,6-8,15H,4-5H2. The monoisotopic (exact) mass is 251 g/mol. The van der Waals surface area contributed by atoms with Gasteiger partial charge in [0.1, 0.15) is 5.82 Å². The fourth-order valence-corrected chi connectivity index (χ4v) is 2.22. The van der Waals surface area contributed by atoms with Crippen molar-refractivity contribution in [1.82, 2.24) is 14.9 Å². The summed E-state index contributed by atoms with van der Waals surface area (Å²) in [7, 11) is 0. The van der Waals surface area contributed by atoms with E-state index >= 15 is 0 Å². The van der Waals surface area contributed by atoms with Crippen LogP contribution in [0.2, 0.25) is 5.02 Å². The topological polar surface area (TPSA) is 29.9 Å². The van der Waals surface area contributed by atoms with Gasteiger partial charge in [0.15, 0.2) is 0 Å². The number of benzene rings is 1. The minimum Gasteiger partial charge on any atom is -0.315 e. The zero-order valence-corrected chi connectivity index (χ0v) is 9.78. The van der Waals surface area contributed by atoms with E-state index in [9.17, 15) is 4.39 Å². The first-order chi connectivity index (χ1) is 8.24. The lowest BCUT2D eigenvalue weighted by atomic mass is 10.00. The summed E-state index contributed by atoms with van der Waals surface area (Å²) in [4.78, 5) is 4.13. The lowest BCUT2D eigenvalue weighted by molar-refractivity contribution is 0.435. The number of halogens is 2. The molecule has 2 heterocycles. The average molecular weight is 252 g/mol. The Labute approximate surface area is 103 Å². The molecule has 1 aliphatic heterocycles. The molecule has 1 aromatic heterocycles. The van der Waals surface area contributed by atoms with Gasteiger partial charge in [-0.05, 0) is 18.2 Å². The fraction of sp³-hybridized carbons (Fsp3) is 0.250. The van der Waals surface area contributed by atoms with E-state index in [1.54, 1.807) is 12.4 Å². The molecule has 17 heavy (non-hydrogen) atoms. The molecule has 5 heteroatoms. The lowest BCUT2D eigenvalue weighted by Crippen LogP contribution is -2.40. The van der Waals surface area contributed by atoms with Crippen LogP contribution >= 0.6 is 11.6 Å². The highest BCUT2D eigenvalue weighted by Gasteiger charge is 2.22. The fourth-order valence-electron chi connectivity index (χ4n) is 2.00. The third kappa shape index (κ3) is 1.94.